The van der Waals surface area contributed by atoms with Crippen molar-refractivity contribution in [3.63, 3.8) is 0 Å². The van der Waals surface area contributed by atoms with Crippen LogP contribution in [-0.4, -0.2) is 38.6 Å². The predicted octanol–water partition coefficient (Wildman–Crippen LogP) is 2.61. The van der Waals surface area contributed by atoms with Crippen LogP contribution in [0.25, 0.3) is 0 Å². The monoisotopic (exact) mass is 382 g/mol. The van der Waals surface area contributed by atoms with Crippen molar-refractivity contribution in [2.75, 3.05) is 30.6 Å². The highest BCUT2D eigenvalue weighted by atomic mass is 16.5. The fraction of sp³-hybridized carbons (Fsp3) is 0.286. The van der Waals surface area contributed by atoms with Crippen LogP contribution in [0.3, 0.4) is 0 Å². The summed E-state index contributed by atoms with van der Waals surface area (Å²) in [5.41, 5.74) is 2.32. The van der Waals surface area contributed by atoms with Crippen molar-refractivity contribution in [2.24, 2.45) is 0 Å². The number of aryl methyl sites for hydroxylation is 1. The second kappa shape index (κ2) is 8.12. The average molecular weight is 382 g/mol. The molecule has 0 bridgehead atoms. The van der Waals surface area contributed by atoms with Gasteiger partial charge in [-0.3, -0.25) is 4.79 Å². The second-order valence-electron chi connectivity index (χ2n) is 6.46. The molecule has 0 spiro atoms. The van der Waals surface area contributed by atoms with Crippen molar-refractivity contribution >= 4 is 29.2 Å². The number of hydrogen-bond acceptors (Lipinski definition) is 6. The van der Waals surface area contributed by atoms with E-state index < -0.39 is 11.9 Å². The summed E-state index contributed by atoms with van der Waals surface area (Å²) in [7, 11) is 2.50. The lowest BCUT2D eigenvalue weighted by molar-refractivity contribution is -0.139. The quantitative estimate of drug-likeness (QED) is 0.745. The third kappa shape index (κ3) is 3.55. The first-order valence-corrected chi connectivity index (χ1v) is 8.94. The lowest BCUT2D eigenvalue weighted by Gasteiger charge is -2.28. The number of anilines is 2. The van der Waals surface area contributed by atoms with Gasteiger partial charge < -0.3 is 19.3 Å². The molecule has 0 aliphatic carbocycles. The molecule has 1 fully saturated rings. The van der Waals surface area contributed by atoms with E-state index in [0.29, 0.717) is 24.3 Å². The summed E-state index contributed by atoms with van der Waals surface area (Å²) in [6.45, 7) is 2.52. The SMILES string of the molecule is COC(=O)C1=C(C(=O)OC)N(c2cc(C)ccc2N2CCCC2=O)C=CC=C1. The summed E-state index contributed by atoms with van der Waals surface area (Å²) < 4.78 is 9.79. The third-order valence-corrected chi connectivity index (χ3v) is 4.64. The molecule has 0 N–H and O–H groups in total. The van der Waals surface area contributed by atoms with E-state index in [1.165, 1.54) is 20.3 Å². The summed E-state index contributed by atoms with van der Waals surface area (Å²) >= 11 is 0. The summed E-state index contributed by atoms with van der Waals surface area (Å²) in [6, 6.07) is 5.63. The van der Waals surface area contributed by atoms with Gasteiger partial charge in [-0.15, -0.1) is 0 Å². The Morgan fingerprint density at radius 2 is 1.79 bits per heavy atom. The van der Waals surface area contributed by atoms with Crippen LogP contribution in [0.15, 0.2) is 53.9 Å². The van der Waals surface area contributed by atoms with Crippen LogP contribution >= 0.6 is 0 Å². The van der Waals surface area contributed by atoms with E-state index in [2.05, 4.69) is 0 Å². The van der Waals surface area contributed by atoms with Crippen molar-refractivity contribution in [1.82, 2.24) is 0 Å². The molecule has 0 unspecified atom stereocenters. The molecule has 7 nitrogen and oxygen atoms in total. The maximum Gasteiger partial charge on any atom is 0.355 e. The van der Waals surface area contributed by atoms with Crippen molar-refractivity contribution in [3.05, 3.63) is 59.5 Å². The first-order valence-electron chi connectivity index (χ1n) is 8.94. The summed E-state index contributed by atoms with van der Waals surface area (Å²) in [4.78, 5) is 40.6. The molecule has 2 heterocycles. The average Bonchev–Trinajstić information content (AvgIpc) is 3.00. The summed E-state index contributed by atoms with van der Waals surface area (Å²) in [5, 5.41) is 0. The Kier molecular flexibility index (Phi) is 5.63. The van der Waals surface area contributed by atoms with Gasteiger partial charge in [0.15, 0.2) is 0 Å². The third-order valence-electron chi connectivity index (χ3n) is 4.64. The van der Waals surface area contributed by atoms with Crippen LogP contribution < -0.4 is 9.80 Å². The van der Waals surface area contributed by atoms with Crippen molar-refractivity contribution in [3.8, 4) is 0 Å². The van der Waals surface area contributed by atoms with Crippen LogP contribution in [0, 0.1) is 6.92 Å². The fourth-order valence-electron chi connectivity index (χ4n) is 3.31. The van der Waals surface area contributed by atoms with Crippen LogP contribution in [0.5, 0.6) is 0 Å². The maximum atomic E-state index is 12.6. The highest BCUT2D eigenvalue weighted by Crippen LogP contribution is 2.37. The van der Waals surface area contributed by atoms with Gasteiger partial charge in [0, 0.05) is 19.2 Å². The molecule has 3 rings (SSSR count). The van der Waals surface area contributed by atoms with Crippen molar-refractivity contribution in [1.29, 1.82) is 0 Å². The number of ether oxygens (including phenoxy) is 2. The lowest BCUT2D eigenvalue weighted by Crippen LogP contribution is -2.30. The molecule has 1 aromatic carbocycles. The molecule has 2 aliphatic rings. The van der Waals surface area contributed by atoms with Gasteiger partial charge in [0.1, 0.15) is 5.70 Å². The van der Waals surface area contributed by atoms with Crippen molar-refractivity contribution in [2.45, 2.75) is 19.8 Å². The van der Waals surface area contributed by atoms with Gasteiger partial charge in [0.05, 0.1) is 31.2 Å². The molecule has 1 saturated heterocycles. The number of carbonyl (C=O) groups excluding carboxylic acids is 3. The van der Waals surface area contributed by atoms with E-state index in [-0.39, 0.29) is 17.2 Å². The Labute approximate surface area is 163 Å². The minimum Gasteiger partial charge on any atom is -0.465 e. The summed E-state index contributed by atoms with van der Waals surface area (Å²) in [6.07, 6.45) is 7.78. The van der Waals surface area contributed by atoms with E-state index in [1.54, 1.807) is 28.2 Å². The van der Waals surface area contributed by atoms with Gasteiger partial charge in [0.25, 0.3) is 0 Å². The Balaban J connectivity index is 2.23. The fourth-order valence-corrected chi connectivity index (χ4v) is 3.31. The van der Waals surface area contributed by atoms with Crippen LogP contribution in [0.1, 0.15) is 18.4 Å². The molecule has 7 heteroatoms. The van der Waals surface area contributed by atoms with E-state index in [4.69, 9.17) is 9.47 Å². The number of hydrogen-bond donors (Lipinski definition) is 0. The zero-order valence-corrected chi connectivity index (χ0v) is 16.1. The van der Waals surface area contributed by atoms with Gasteiger partial charge in [-0.05, 0) is 43.2 Å². The van der Waals surface area contributed by atoms with Crippen molar-refractivity contribution < 1.29 is 23.9 Å². The number of carbonyl (C=O) groups is 3. The number of amides is 1. The van der Waals surface area contributed by atoms with Gasteiger partial charge in [-0.1, -0.05) is 12.1 Å². The van der Waals surface area contributed by atoms with Gasteiger partial charge in [-0.25, -0.2) is 9.59 Å². The minimum absolute atomic E-state index is 0.0258. The number of methoxy groups -OCH3 is 2. The van der Waals surface area contributed by atoms with E-state index in [1.807, 2.05) is 25.1 Å². The number of allylic oxidation sites excluding steroid dienone is 2. The normalized spacial score (nSPS) is 16.5. The predicted molar refractivity (Wildman–Crippen MR) is 105 cm³/mol. The van der Waals surface area contributed by atoms with E-state index >= 15 is 0 Å². The zero-order chi connectivity index (χ0) is 20.3. The number of rotatable bonds is 4. The Morgan fingerprint density at radius 1 is 1.04 bits per heavy atom. The van der Waals surface area contributed by atoms with Crippen LogP contribution in [0.2, 0.25) is 0 Å². The molecular weight excluding hydrogens is 360 g/mol. The Bertz CT molecular complexity index is 913. The molecule has 0 atom stereocenters. The molecule has 1 amide bonds. The van der Waals surface area contributed by atoms with Crippen LogP contribution in [0.4, 0.5) is 11.4 Å². The lowest BCUT2D eigenvalue weighted by atomic mass is 10.1. The molecular formula is C21H22N2O5. The molecule has 146 valence electrons. The molecule has 0 radical (unpaired) electrons. The second-order valence-corrected chi connectivity index (χ2v) is 6.46. The molecule has 0 aromatic heterocycles. The smallest absolute Gasteiger partial charge is 0.355 e. The summed E-state index contributed by atoms with van der Waals surface area (Å²) in [5.74, 6) is -1.31. The standard InChI is InChI=1S/C21H22N2O5/c1-14-9-10-16(22-12-6-8-18(22)24)17(13-14)23-11-5-4-7-15(20(25)27-2)19(23)21(26)28-3/h4-5,7,9-11,13H,6,8,12H2,1-3H3. The number of nitrogens with zero attached hydrogens (tertiary/aromatic N) is 2. The maximum absolute atomic E-state index is 12.6. The minimum atomic E-state index is -0.684. The van der Waals surface area contributed by atoms with Gasteiger partial charge >= 0.3 is 11.9 Å². The number of esters is 2. The largest absolute Gasteiger partial charge is 0.465 e. The topological polar surface area (TPSA) is 76.2 Å². The zero-order valence-electron chi connectivity index (χ0n) is 16.1. The van der Waals surface area contributed by atoms with E-state index in [9.17, 15) is 14.4 Å². The highest BCUT2D eigenvalue weighted by molar-refractivity contribution is 6.07. The molecule has 1 aromatic rings. The number of benzene rings is 1. The Hall–Kier alpha value is -3.35. The molecule has 2 aliphatic heterocycles. The van der Waals surface area contributed by atoms with E-state index in [0.717, 1.165) is 12.0 Å². The highest BCUT2D eigenvalue weighted by Gasteiger charge is 2.31. The van der Waals surface area contributed by atoms with Crippen LogP contribution in [-0.2, 0) is 23.9 Å². The first-order chi connectivity index (χ1) is 13.5. The first kappa shape index (κ1) is 19.4. The van der Waals surface area contributed by atoms with Gasteiger partial charge in [-0.2, -0.15) is 0 Å². The molecule has 0 saturated carbocycles. The Morgan fingerprint density at radius 3 is 2.43 bits per heavy atom. The molecule has 28 heavy (non-hydrogen) atoms. The van der Waals surface area contributed by atoms with Gasteiger partial charge in [0.2, 0.25) is 5.91 Å².